The largest absolute Gasteiger partial charge is 0.491 e. The normalized spacial score (nSPS) is 14.4. The van der Waals surface area contributed by atoms with E-state index in [2.05, 4.69) is 12.3 Å². The average Bonchev–Trinajstić information content (AvgIpc) is 2.38. The van der Waals surface area contributed by atoms with Gasteiger partial charge >= 0.3 is 0 Å². The van der Waals surface area contributed by atoms with Crippen LogP contribution >= 0.6 is 0 Å². The second-order valence-corrected chi connectivity index (χ2v) is 4.79. The molecule has 0 radical (unpaired) electrons. The molecule has 1 rings (SSSR count). The van der Waals surface area contributed by atoms with Gasteiger partial charge < -0.3 is 9.47 Å². The summed E-state index contributed by atoms with van der Waals surface area (Å²) in [5.74, 6) is 6.55. The van der Waals surface area contributed by atoms with Crippen molar-refractivity contribution in [2.45, 2.75) is 52.4 Å². The Morgan fingerprint density at radius 3 is 2.53 bits per heavy atom. The van der Waals surface area contributed by atoms with Crippen LogP contribution in [0.4, 0.5) is 0 Å². The van der Waals surface area contributed by atoms with E-state index in [1.165, 1.54) is 0 Å². The number of nitrogens with one attached hydrogen (secondary N) is 1. The Morgan fingerprint density at radius 2 is 2.00 bits per heavy atom. The second kappa shape index (κ2) is 8.15. The number of hydrogen-bond acceptors (Lipinski definition) is 4. The number of benzene rings is 1. The lowest BCUT2D eigenvalue weighted by molar-refractivity contribution is 0.0313. The summed E-state index contributed by atoms with van der Waals surface area (Å²) in [5, 5.41) is 0. The number of hydrogen-bond donors (Lipinski definition) is 2. The van der Waals surface area contributed by atoms with Gasteiger partial charge in [-0.05, 0) is 44.9 Å². The molecule has 2 unspecified atom stereocenters. The molecule has 2 atom stereocenters. The quantitative estimate of drug-likeness (QED) is 0.561. The van der Waals surface area contributed by atoms with Crippen molar-refractivity contribution >= 4 is 0 Å². The Morgan fingerprint density at radius 1 is 1.26 bits per heavy atom. The van der Waals surface area contributed by atoms with E-state index >= 15 is 0 Å². The fraction of sp³-hybridized carbons (Fsp3) is 0.600. The van der Waals surface area contributed by atoms with Gasteiger partial charge in [0, 0.05) is 6.61 Å². The van der Waals surface area contributed by atoms with E-state index in [4.69, 9.17) is 15.3 Å². The van der Waals surface area contributed by atoms with Crippen LogP contribution in [-0.4, -0.2) is 18.8 Å². The van der Waals surface area contributed by atoms with Gasteiger partial charge in [-0.25, -0.2) is 0 Å². The molecule has 0 fully saturated rings. The van der Waals surface area contributed by atoms with Gasteiger partial charge in [0.05, 0.1) is 18.2 Å². The summed E-state index contributed by atoms with van der Waals surface area (Å²) >= 11 is 0. The smallest absolute Gasteiger partial charge is 0.120 e. The van der Waals surface area contributed by atoms with E-state index in [9.17, 15) is 0 Å². The summed E-state index contributed by atoms with van der Waals surface area (Å²) in [5.41, 5.74) is 3.94. The predicted molar refractivity (Wildman–Crippen MR) is 78.0 cm³/mol. The number of rotatable bonds is 8. The molecule has 0 aliphatic rings. The number of hydrazine groups is 1. The van der Waals surface area contributed by atoms with E-state index in [0.29, 0.717) is 6.61 Å². The van der Waals surface area contributed by atoms with Gasteiger partial charge in [-0.1, -0.05) is 19.1 Å². The fourth-order valence-electron chi connectivity index (χ4n) is 2.14. The third kappa shape index (κ3) is 4.82. The molecule has 0 heterocycles. The minimum Gasteiger partial charge on any atom is -0.491 e. The van der Waals surface area contributed by atoms with E-state index in [1.807, 2.05) is 45.0 Å². The first-order valence-corrected chi connectivity index (χ1v) is 6.96. The molecular formula is C15H26N2O2. The molecule has 0 spiro atoms. The minimum absolute atomic E-state index is 0.0272. The van der Waals surface area contributed by atoms with Gasteiger partial charge in [0.2, 0.25) is 0 Å². The van der Waals surface area contributed by atoms with E-state index < -0.39 is 0 Å². The van der Waals surface area contributed by atoms with Crippen molar-refractivity contribution in [3.05, 3.63) is 29.8 Å². The number of ether oxygens (including phenoxy) is 2. The van der Waals surface area contributed by atoms with Gasteiger partial charge in [-0.2, -0.15) is 0 Å². The summed E-state index contributed by atoms with van der Waals surface area (Å²) in [6.07, 6.45) is 1.12. The molecule has 0 aromatic heterocycles. The highest BCUT2D eigenvalue weighted by Gasteiger charge is 2.21. The third-order valence-electron chi connectivity index (χ3n) is 2.92. The number of nitrogens with two attached hydrogens (primary N) is 1. The summed E-state index contributed by atoms with van der Waals surface area (Å²) in [7, 11) is 0. The van der Waals surface area contributed by atoms with Gasteiger partial charge in [0.25, 0.3) is 0 Å². The molecule has 1 aromatic carbocycles. The monoisotopic (exact) mass is 266 g/mol. The first-order valence-electron chi connectivity index (χ1n) is 6.96. The average molecular weight is 266 g/mol. The Bertz CT molecular complexity index is 369. The molecule has 0 bridgehead atoms. The van der Waals surface area contributed by atoms with Crippen LogP contribution in [0.15, 0.2) is 24.3 Å². The molecule has 0 saturated heterocycles. The van der Waals surface area contributed by atoms with Crippen molar-refractivity contribution in [2.75, 3.05) is 6.61 Å². The lowest BCUT2D eigenvalue weighted by Crippen LogP contribution is -2.37. The summed E-state index contributed by atoms with van der Waals surface area (Å²) in [6, 6.07) is 7.97. The molecule has 4 heteroatoms. The van der Waals surface area contributed by atoms with Gasteiger partial charge in [0.1, 0.15) is 5.75 Å². The predicted octanol–water partition coefficient (Wildman–Crippen LogP) is 2.79. The highest BCUT2D eigenvalue weighted by Crippen LogP contribution is 2.25. The van der Waals surface area contributed by atoms with Crippen LogP contribution in [0.5, 0.6) is 5.75 Å². The maximum absolute atomic E-state index is 5.74. The molecule has 0 aliphatic carbocycles. The first kappa shape index (κ1) is 16.0. The van der Waals surface area contributed by atoms with Crippen molar-refractivity contribution in [1.29, 1.82) is 0 Å². The van der Waals surface area contributed by atoms with E-state index in [1.54, 1.807) is 0 Å². The van der Waals surface area contributed by atoms with Gasteiger partial charge in [0.15, 0.2) is 0 Å². The van der Waals surface area contributed by atoms with Crippen molar-refractivity contribution in [3.8, 4) is 5.75 Å². The zero-order valence-electron chi connectivity index (χ0n) is 12.3. The van der Waals surface area contributed by atoms with Crippen LogP contribution in [0.3, 0.4) is 0 Å². The SMILES string of the molecule is CCOC(CC)C(NN)c1cccc(OC(C)C)c1. The third-order valence-corrected chi connectivity index (χ3v) is 2.92. The zero-order valence-corrected chi connectivity index (χ0v) is 12.3. The van der Waals surface area contributed by atoms with Crippen molar-refractivity contribution < 1.29 is 9.47 Å². The maximum atomic E-state index is 5.74. The Hall–Kier alpha value is -1.10. The summed E-state index contributed by atoms with van der Waals surface area (Å²) < 4.78 is 11.4. The lowest BCUT2D eigenvalue weighted by Gasteiger charge is -2.26. The van der Waals surface area contributed by atoms with Crippen molar-refractivity contribution in [3.63, 3.8) is 0 Å². The Kier molecular flexibility index (Phi) is 6.84. The van der Waals surface area contributed by atoms with E-state index in [-0.39, 0.29) is 18.2 Å². The zero-order chi connectivity index (χ0) is 14.3. The standard InChI is InChI=1S/C15H26N2O2/c1-5-14(18-6-2)15(17-16)12-8-7-9-13(10-12)19-11(3)4/h7-11,14-15,17H,5-6,16H2,1-4H3. The van der Waals surface area contributed by atoms with Gasteiger partial charge in [-0.15, -0.1) is 0 Å². The van der Waals surface area contributed by atoms with Gasteiger partial charge in [-0.3, -0.25) is 11.3 Å². The van der Waals surface area contributed by atoms with E-state index in [0.717, 1.165) is 17.7 Å². The highest BCUT2D eigenvalue weighted by atomic mass is 16.5. The minimum atomic E-state index is -0.0272. The van der Waals surface area contributed by atoms with Crippen LogP contribution < -0.4 is 16.0 Å². The first-order chi connectivity index (χ1) is 9.12. The Balaban J connectivity index is 2.90. The van der Waals surface area contributed by atoms with Crippen LogP contribution in [-0.2, 0) is 4.74 Å². The fourth-order valence-corrected chi connectivity index (χ4v) is 2.14. The molecule has 1 aromatic rings. The molecule has 4 nitrogen and oxygen atoms in total. The second-order valence-electron chi connectivity index (χ2n) is 4.79. The molecule has 0 amide bonds. The Labute approximate surface area is 116 Å². The van der Waals surface area contributed by atoms with Crippen LogP contribution in [0.2, 0.25) is 0 Å². The summed E-state index contributed by atoms with van der Waals surface area (Å²) in [6.45, 7) is 8.80. The van der Waals surface area contributed by atoms with Crippen LogP contribution in [0.1, 0.15) is 45.7 Å². The van der Waals surface area contributed by atoms with Crippen LogP contribution in [0, 0.1) is 0 Å². The lowest BCUT2D eigenvalue weighted by atomic mass is 10.00. The topological polar surface area (TPSA) is 56.5 Å². The summed E-state index contributed by atoms with van der Waals surface area (Å²) in [4.78, 5) is 0. The molecular weight excluding hydrogens is 240 g/mol. The van der Waals surface area contributed by atoms with Crippen molar-refractivity contribution in [1.82, 2.24) is 5.43 Å². The molecule has 108 valence electrons. The molecule has 3 N–H and O–H groups in total. The van der Waals surface area contributed by atoms with Crippen molar-refractivity contribution in [2.24, 2.45) is 5.84 Å². The molecule has 19 heavy (non-hydrogen) atoms. The molecule has 0 aliphatic heterocycles. The highest BCUT2D eigenvalue weighted by molar-refractivity contribution is 5.31. The molecule has 0 saturated carbocycles. The maximum Gasteiger partial charge on any atom is 0.120 e. The van der Waals surface area contributed by atoms with Crippen LogP contribution in [0.25, 0.3) is 0 Å².